The lowest BCUT2D eigenvalue weighted by Gasteiger charge is -1.89. The molecule has 3 aromatic heterocycles. The lowest BCUT2D eigenvalue weighted by Crippen LogP contribution is -1.74. The molecular weight excluding hydrogens is 324 g/mol. The van der Waals surface area contributed by atoms with Crippen LogP contribution in [-0.4, -0.2) is 9.97 Å². The molecule has 0 aliphatic rings. The van der Waals surface area contributed by atoms with Gasteiger partial charge in [-0.2, -0.15) is 0 Å². The Balaban J connectivity index is 2.51. The Morgan fingerprint density at radius 2 is 1.27 bits per heavy atom. The molecule has 0 unspecified atom stereocenters. The minimum Gasteiger partial charge on any atom is -0.419 e. The zero-order valence-corrected chi connectivity index (χ0v) is 10.5. The molecule has 0 N–H and O–H groups in total. The standard InChI is InChI=1S/C10H4Br2N2O/c11-7-3-1-5-6-2-4-8(12)14-10(6)15-9(5)13-7/h1-4H. The van der Waals surface area contributed by atoms with Crippen molar-refractivity contribution in [1.29, 1.82) is 0 Å². The second-order valence-electron chi connectivity index (χ2n) is 3.08. The highest BCUT2D eigenvalue weighted by atomic mass is 79.9. The molecule has 0 atom stereocenters. The smallest absolute Gasteiger partial charge is 0.230 e. The molecule has 5 heteroatoms. The number of aromatic nitrogens is 2. The van der Waals surface area contributed by atoms with E-state index in [1.54, 1.807) is 0 Å². The fourth-order valence-corrected chi connectivity index (χ4v) is 2.08. The third-order valence-electron chi connectivity index (χ3n) is 2.14. The molecule has 0 aliphatic heterocycles. The van der Waals surface area contributed by atoms with E-state index in [1.165, 1.54) is 0 Å². The van der Waals surface area contributed by atoms with Gasteiger partial charge in [0.2, 0.25) is 11.4 Å². The average Bonchev–Trinajstić information content (AvgIpc) is 2.53. The van der Waals surface area contributed by atoms with Crippen LogP contribution in [-0.2, 0) is 0 Å². The number of nitrogens with zero attached hydrogens (tertiary/aromatic N) is 2. The molecule has 0 radical (unpaired) electrons. The summed E-state index contributed by atoms with van der Waals surface area (Å²) in [5.41, 5.74) is 1.20. The van der Waals surface area contributed by atoms with E-state index in [1.807, 2.05) is 24.3 Å². The maximum atomic E-state index is 5.53. The summed E-state index contributed by atoms with van der Waals surface area (Å²) in [5, 5.41) is 1.96. The van der Waals surface area contributed by atoms with E-state index in [2.05, 4.69) is 41.8 Å². The molecule has 74 valence electrons. The van der Waals surface area contributed by atoms with Gasteiger partial charge < -0.3 is 4.42 Å². The fraction of sp³-hybridized carbons (Fsp3) is 0. The van der Waals surface area contributed by atoms with E-state index in [0.29, 0.717) is 11.4 Å². The van der Waals surface area contributed by atoms with Crippen molar-refractivity contribution in [2.75, 3.05) is 0 Å². The van der Waals surface area contributed by atoms with E-state index < -0.39 is 0 Å². The monoisotopic (exact) mass is 326 g/mol. The van der Waals surface area contributed by atoms with Gasteiger partial charge in [-0.3, -0.25) is 0 Å². The van der Waals surface area contributed by atoms with Crippen LogP contribution >= 0.6 is 31.9 Å². The van der Waals surface area contributed by atoms with E-state index in [4.69, 9.17) is 4.42 Å². The zero-order valence-electron chi connectivity index (χ0n) is 7.37. The number of hydrogen-bond donors (Lipinski definition) is 0. The Morgan fingerprint density at radius 3 is 1.73 bits per heavy atom. The summed E-state index contributed by atoms with van der Waals surface area (Å²) < 4.78 is 7.05. The van der Waals surface area contributed by atoms with Gasteiger partial charge in [0.25, 0.3) is 0 Å². The predicted molar refractivity (Wildman–Crippen MR) is 64.7 cm³/mol. The number of furan rings is 1. The molecule has 0 fully saturated rings. The van der Waals surface area contributed by atoms with Crippen LogP contribution < -0.4 is 0 Å². The van der Waals surface area contributed by atoms with E-state index in [0.717, 1.165) is 20.0 Å². The Kier molecular flexibility index (Phi) is 2.03. The maximum absolute atomic E-state index is 5.53. The van der Waals surface area contributed by atoms with Crippen LogP contribution in [0.3, 0.4) is 0 Å². The van der Waals surface area contributed by atoms with Gasteiger partial charge in [0.1, 0.15) is 9.21 Å². The van der Waals surface area contributed by atoms with Crippen LogP contribution in [0.25, 0.3) is 22.2 Å². The van der Waals surface area contributed by atoms with Crippen molar-refractivity contribution in [3.05, 3.63) is 33.5 Å². The SMILES string of the molecule is Brc1ccc2c(n1)oc1nc(Br)ccc12. The Bertz CT molecular complexity index is 607. The predicted octanol–water partition coefficient (Wildman–Crippen LogP) is 3.90. The van der Waals surface area contributed by atoms with Crippen LogP contribution in [0.1, 0.15) is 0 Å². The Labute approximate surface area is 102 Å². The molecular formula is C10H4Br2N2O. The third kappa shape index (κ3) is 1.46. The summed E-state index contributed by atoms with van der Waals surface area (Å²) >= 11 is 6.61. The van der Waals surface area contributed by atoms with Gasteiger partial charge in [-0.15, -0.1) is 0 Å². The summed E-state index contributed by atoms with van der Waals surface area (Å²) in [7, 11) is 0. The van der Waals surface area contributed by atoms with Crippen molar-refractivity contribution < 1.29 is 4.42 Å². The lowest BCUT2D eigenvalue weighted by atomic mass is 10.2. The van der Waals surface area contributed by atoms with Crippen molar-refractivity contribution in [3.8, 4) is 0 Å². The van der Waals surface area contributed by atoms with Crippen LogP contribution in [0, 0.1) is 0 Å². The summed E-state index contributed by atoms with van der Waals surface area (Å²) in [6, 6.07) is 7.71. The van der Waals surface area contributed by atoms with Crippen molar-refractivity contribution in [1.82, 2.24) is 9.97 Å². The van der Waals surface area contributed by atoms with Gasteiger partial charge in [0, 0.05) is 10.8 Å². The summed E-state index contributed by atoms with van der Waals surface area (Å²) in [5.74, 6) is 0. The quantitative estimate of drug-likeness (QED) is 0.588. The molecule has 0 aliphatic carbocycles. The van der Waals surface area contributed by atoms with Crippen molar-refractivity contribution in [2.24, 2.45) is 0 Å². The summed E-state index contributed by atoms with van der Waals surface area (Å²) in [6.45, 7) is 0. The minimum absolute atomic E-state index is 0.602. The summed E-state index contributed by atoms with van der Waals surface area (Å²) in [4.78, 5) is 8.47. The molecule has 0 amide bonds. The molecule has 0 saturated carbocycles. The Hall–Kier alpha value is -0.940. The molecule has 3 nitrogen and oxygen atoms in total. The molecule has 15 heavy (non-hydrogen) atoms. The van der Waals surface area contributed by atoms with Gasteiger partial charge in [-0.25, -0.2) is 9.97 Å². The highest BCUT2D eigenvalue weighted by Crippen LogP contribution is 2.28. The van der Waals surface area contributed by atoms with Crippen LogP contribution in [0.5, 0.6) is 0 Å². The van der Waals surface area contributed by atoms with Crippen LogP contribution in [0.4, 0.5) is 0 Å². The van der Waals surface area contributed by atoms with Crippen LogP contribution in [0.2, 0.25) is 0 Å². The first-order valence-electron chi connectivity index (χ1n) is 4.25. The number of halogens is 2. The van der Waals surface area contributed by atoms with E-state index >= 15 is 0 Å². The molecule has 3 heterocycles. The van der Waals surface area contributed by atoms with Gasteiger partial charge in [-0.1, -0.05) is 0 Å². The first-order chi connectivity index (χ1) is 7.24. The van der Waals surface area contributed by atoms with Crippen molar-refractivity contribution >= 4 is 54.1 Å². The molecule has 3 rings (SSSR count). The first kappa shape index (κ1) is 9.30. The molecule has 3 aromatic rings. The van der Waals surface area contributed by atoms with Gasteiger partial charge in [0.15, 0.2) is 0 Å². The highest BCUT2D eigenvalue weighted by Gasteiger charge is 2.09. The van der Waals surface area contributed by atoms with Gasteiger partial charge in [-0.05, 0) is 56.1 Å². The molecule has 0 aromatic carbocycles. The fourth-order valence-electron chi connectivity index (χ4n) is 1.49. The third-order valence-corrected chi connectivity index (χ3v) is 3.02. The summed E-state index contributed by atoms with van der Waals surface area (Å²) in [6.07, 6.45) is 0. The zero-order chi connectivity index (χ0) is 10.4. The topological polar surface area (TPSA) is 38.9 Å². The van der Waals surface area contributed by atoms with E-state index in [9.17, 15) is 0 Å². The Morgan fingerprint density at radius 1 is 0.800 bits per heavy atom. The van der Waals surface area contributed by atoms with Crippen LogP contribution in [0.15, 0.2) is 37.9 Å². The number of fused-ring (bicyclic) bond motifs is 3. The lowest BCUT2D eigenvalue weighted by molar-refractivity contribution is 0.638. The molecule has 0 saturated heterocycles. The second-order valence-corrected chi connectivity index (χ2v) is 4.70. The van der Waals surface area contributed by atoms with Crippen molar-refractivity contribution in [3.63, 3.8) is 0 Å². The van der Waals surface area contributed by atoms with Gasteiger partial charge in [0.05, 0.1) is 0 Å². The largest absolute Gasteiger partial charge is 0.419 e. The second kappa shape index (κ2) is 3.28. The maximum Gasteiger partial charge on any atom is 0.230 e. The molecule has 0 bridgehead atoms. The number of hydrogen-bond acceptors (Lipinski definition) is 3. The minimum atomic E-state index is 0.602. The van der Waals surface area contributed by atoms with E-state index in [-0.39, 0.29) is 0 Å². The highest BCUT2D eigenvalue weighted by molar-refractivity contribution is 9.10. The number of pyridine rings is 2. The normalized spacial score (nSPS) is 11.3. The first-order valence-corrected chi connectivity index (χ1v) is 5.84. The average molecular weight is 328 g/mol. The van der Waals surface area contributed by atoms with Gasteiger partial charge >= 0.3 is 0 Å². The van der Waals surface area contributed by atoms with Crippen molar-refractivity contribution in [2.45, 2.75) is 0 Å². The molecule has 0 spiro atoms. The number of rotatable bonds is 0.